The normalized spacial score (nSPS) is 17.8. The Bertz CT molecular complexity index is 1270. The quantitative estimate of drug-likeness (QED) is 0.340. The third-order valence-electron chi connectivity index (χ3n) is 6.14. The first-order chi connectivity index (χ1) is 15.2. The van der Waals surface area contributed by atoms with Crippen LogP contribution in [0.25, 0.3) is 5.76 Å². The number of rotatable bonds is 3. The molecule has 3 aromatic carbocycles. The van der Waals surface area contributed by atoms with E-state index in [9.17, 15) is 19.8 Å². The fourth-order valence-electron chi connectivity index (χ4n) is 4.19. The van der Waals surface area contributed by atoms with Crippen LogP contribution >= 0.6 is 0 Å². The second-order valence-electron chi connectivity index (χ2n) is 8.30. The van der Waals surface area contributed by atoms with E-state index < -0.39 is 17.7 Å². The summed E-state index contributed by atoms with van der Waals surface area (Å²) in [5.74, 6) is -1.55. The van der Waals surface area contributed by atoms with Gasteiger partial charge in [0.25, 0.3) is 11.7 Å². The van der Waals surface area contributed by atoms with Crippen LogP contribution in [0.2, 0.25) is 0 Å². The molecule has 3 aromatic rings. The van der Waals surface area contributed by atoms with Crippen molar-refractivity contribution in [2.75, 3.05) is 4.90 Å². The first-order valence-electron chi connectivity index (χ1n) is 10.4. The standard InChI is InChI=1S/C27H25NO4/c1-15-8-9-17(3)21(14-15)25(30)23-24(19-10-12-20(29)13-11-19)28(27(32)26(23)31)22-7-5-6-16(2)18(22)4/h5-14,24,29-30H,1-4H3/b25-23+. The lowest BCUT2D eigenvalue weighted by molar-refractivity contribution is -0.132. The van der Waals surface area contributed by atoms with Crippen LogP contribution in [0.3, 0.4) is 0 Å². The molecule has 1 heterocycles. The van der Waals surface area contributed by atoms with Gasteiger partial charge >= 0.3 is 0 Å². The summed E-state index contributed by atoms with van der Waals surface area (Å²) >= 11 is 0. The van der Waals surface area contributed by atoms with E-state index in [2.05, 4.69) is 0 Å². The molecule has 1 unspecified atom stereocenters. The molecule has 1 atom stereocenters. The van der Waals surface area contributed by atoms with Crippen molar-refractivity contribution in [2.45, 2.75) is 33.7 Å². The number of aliphatic hydroxyl groups is 1. The van der Waals surface area contributed by atoms with Gasteiger partial charge in [0, 0.05) is 11.3 Å². The van der Waals surface area contributed by atoms with E-state index in [1.165, 1.54) is 17.0 Å². The van der Waals surface area contributed by atoms with Crippen LogP contribution in [0.4, 0.5) is 5.69 Å². The Hall–Kier alpha value is -3.86. The number of carbonyl (C=O) groups excluding carboxylic acids is 2. The Balaban J connectivity index is 2.01. The van der Waals surface area contributed by atoms with Crippen molar-refractivity contribution in [2.24, 2.45) is 0 Å². The number of carbonyl (C=O) groups is 2. The minimum absolute atomic E-state index is 0.0373. The second kappa shape index (κ2) is 8.00. The summed E-state index contributed by atoms with van der Waals surface area (Å²) in [5, 5.41) is 21.1. The number of Topliss-reactive ketones (excluding diaryl/α,β-unsaturated/α-hetero) is 1. The molecule has 5 nitrogen and oxygen atoms in total. The van der Waals surface area contributed by atoms with E-state index in [1.54, 1.807) is 18.2 Å². The minimum Gasteiger partial charge on any atom is -0.508 e. The lowest BCUT2D eigenvalue weighted by atomic mass is 9.93. The largest absolute Gasteiger partial charge is 0.508 e. The van der Waals surface area contributed by atoms with Crippen molar-refractivity contribution in [1.29, 1.82) is 0 Å². The molecule has 0 saturated carbocycles. The van der Waals surface area contributed by atoms with E-state index in [4.69, 9.17) is 0 Å². The Kier molecular flexibility index (Phi) is 5.35. The first kappa shape index (κ1) is 21.4. The lowest BCUT2D eigenvalue weighted by Gasteiger charge is -2.27. The minimum atomic E-state index is -0.823. The van der Waals surface area contributed by atoms with Crippen LogP contribution in [-0.4, -0.2) is 21.9 Å². The summed E-state index contributed by atoms with van der Waals surface area (Å²) in [6.07, 6.45) is 0. The molecule has 1 aliphatic rings. The third kappa shape index (κ3) is 3.46. The molecule has 32 heavy (non-hydrogen) atoms. The van der Waals surface area contributed by atoms with E-state index >= 15 is 0 Å². The van der Waals surface area contributed by atoms with Crippen LogP contribution in [0.15, 0.2) is 66.2 Å². The summed E-state index contributed by atoms with van der Waals surface area (Å²) in [7, 11) is 0. The molecule has 1 fully saturated rings. The molecule has 1 amide bonds. The number of phenolic OH excluding ortho intramolecular Hbond substituents is 1. The molecule has 0 aliphatic carbocycles. The molecule has 4 rings (SSSR count). The number of benzene rings is 3. The number of ketones is 1. The molecule has 1 saturated heterocycles. The smallest absolute Gasteiger partial charge is 0.300 e. The average Bonchev–Trinajstić information content (AvgIpc) is 3.02. The second-order valence-corrected chi connectivity index (χ2v) is 8.30. The van der Waals surface area contributed by atoms with Crippen molar-refractivity contribution in [1.82, 2.24) is 0 Å². The molecule has 2 N–H and O–H groups in total. The summed E-state index contributed by atoms with van der Waals surface area (Å²) in [6, 6.07) is 16.7. The molecule has 1 aliphatic heterocycles. The van der Waals surface area contributed by atoms with Gasteiger partial charge in [0.05, 0.1) is 11.6 Å². The summed E-state index contributed by atoms with van der Waals surface area (Å²) in [5.41, 5.74) is 5.40. The molecule has 5 heteroatoms. The van der Waals surface area contributed by atoms with Crippen molar-refractivity contribution < 1.29 is 19.8 Å². The maximum absolute atomic E-state index is 13.3. The highest BCUT2D eigenvalue weighted by Gasteiger charge is 2.47. The van der Waals surface area contributed by atoms with Gasteiger partial charge in [-0.2, -0.15) is 0 Å². The lowest BCUT2D eigenvalue weighted by Crippen LogP contribution is -2.30. The maximum atomic E-state index is 13.3. The van der Waals surface area contributed by atoms with Crippen LogP contribution in [-0.2, 0) is 9.59 Å². The van der Waals surface area contributed by atoms with Gasteiger partial charge in [-0.1, -0.05) is 42.0 Å². The van der Waals surface area contributed by atoms with Crippen molar-refractivity contribution >= 4 is 23.1 Å². The Morgan fingerprint density at radius 3 is 2.25 bits per heavy atom. The van der Waals surface area contributed by atoms with Gasteiger partial charge in [-0.15, -0.1) is 0 Å². The Labute approximate surface area is 187 Å². The SMILES string of the molecule is Cc1ccc(C)c(/C(O)=C2\C(=O)C(=O)N(c3cccc(C)c3C)C2c2ccc(O)cc2)c1. The highest BCUT2D eigenvalue weighted by atomic mass is 16.3. The summed E-state index contributed by atoms with van der Waals surface area (Å²) in [6.45, 7) is 7.61. The zero-order valence-electron chi connectivity index (χ0n) is 18.5. The van der Waals surface area contributed by atoms with Gasteiger partial charge in [-0.05, 0) is 74.2 Å². The molecular formula is C27H25NO4. The zero-order chi connectivity index (χ0) is 23.2. The van der Waals surface area contributed by atoms with E-state index in [-0.39, 0.29) is 17.1 Å². The maximum Gasteiger partial charge on any atom is 0.300 e. The number of phenols is 1. The van der Waals surface area contributed by atoms with Crippen molar-refractivity contribution in [3.05, 3.63) is 99.6 Å². The highest BCUT2D eigenvalue weighted by Crippen LogP contribution is 2.44. The van der Waals surface area contributed by atoms with Gasteiger partial charge in [0.1, 0.15) is 11.5 Å². The number of aryl methyl sites for hydroxylation is 3. The molecule has 0 bridgehead atoms. The predicted molar refractivity (Wildman–Crippen MR) is 125 cm³/mol. The first-order valence-corrected chi connectivity index (χ1v) is 10.4. The van der Waals surface area contributed by atoms with E-state index in [0.717, 1.165) is 22.3 Å². The van der Waals surface area contributed by atoms with Gasteiger partial charge in [0.2, 0.25) is 0 Å². The predicted octanol–water partition coefficient (Wildman–Crippen LogP) is 5.25. The molecule has 0 radical (unpaired) electrons. The Morgan fingerprint density at radius 2 is 1.56 bits per heavy atom. The van der Waals surface area contributed by atoms with Crippen LogP contribution < -0.4 is 4.90 Å². The summed E-state index contributed by atoms with van der Waals surface area (Å²) < 4.78 is 0. The molecular weight excluding hydrogens is 402 g/mol. The number of hydrogen-bond acceptors (Lipinski definition) is 4. The van der Waals surface area contributed by atoms with Crippen molar-refractivity contribution in [3.63, 3.8) is 0 Å². The van der Waals surface area contributed by atoms with Gasteiger partial charge in [0.15, 0.2) is 0 Å². The number of anilines is 1. The zero-order valence-corrected chi connectivity index (χ0v) is 18.5. The molecule has 0 spiro atoms. The number of nitrogens with zero attached hydrogens (tertiary/aromatic N) is 1. The number of hydrogen-bond donors (Lipinski definition) is 2. The number of aromatic hydroxyl groups is 1. The van der Waals surface area contributed by atoms with Crippen LogP contribution in [0.1, 0.15) is 39.4 Å². The number of amides is 1. The fraction of sp³-hybridized carbons (Fsp3) is 0.185. The molecule has 0 aromatic heterocycles. The molecule has 162 valence electrons. The van der Waals surface area contributed by atoms with Crippen LogP contribution in [0.5, 0.6) is 5.75 Å². The van der Waals surface area contributed by atoms with Crippen LogP contribution in [0, 0.1) is 27.7 Å². The highest BCUT2D eigenvalue weighted by molar-refractivity contribution is 6.51. The summed E-state index contributed by atoms with van der Waals surface area (Å²) in [4.78, 5) is 28.0. The Morgan fingerprint density at radius 1 is 0.875 bits per heavy atom. The van der Waals surface area contributed by atoms with Gasteiger partial charge in [-0.25, -0.2) is 0 Å². The topological polar surface area (TPSA) is 77.8 Å². The van der Waals surface area contributed by atoms with E-state index in [1.807, 2.05) is 58.0 Å². The average molecular weight is 428 g/mol. The van der Waals surface area contributed by atoms with Gasteiger partial charge < -0.3 is 10.2 Å². The number of aliphatic hydroxyl groups excluding tert-OH is 1. The van der Waals surface area contributed by atoms with Gasteiger partial charge in [-0.3, -0.25) is 14.5 Å². The van der Waals surface area contributed by atoms with Crippen molar-refractivity contribution in [3.8, 4) is 5.75 Å². The third-order valence-corrected chi connectivity index (χ3v) is 6.14. The van der Waals surface area contributed by atoms with E-state index in [0.29, 0.717) is 16.8 Å². The monoisotopic (exact) mass is 427 g/mol. The fourth-order valence-corrected chi connectivity index (χ4v) is 4.19.